The molecule has 2 atom stereocenters. The van der Waals surface area contributed by atoms with Gasteiger partial charge < -0.3 is 10.1 Å². The van der Waals surface area contributed by atoms with Crippen molar-refractivity contribution in [2.24, 2.45) is 5.92 Å². The molecule has 0 radical (unpaired) electrons. The summed E-state index contributed by atoms with van der Waals surface area (Å²) in [5.74, 6) is 0.964. The quantitative estimate of drug-likeness (QED) is 0.865. The summed E-state index contributed by atoms with van der Waals surface area (Å²) in [6.45, 7) is 8.17. The van der Waals surface area contributed by atoms with Crippen LogP contribution >= 0.6 is 0 Å². The highest BCUT2D eigenvalue weighted by molar-refractivity contribution is 5.04. The highest BCUT2D eigenvalue weighted by Crippen LogP contribution is 2.41. The van der Waals surface area contributed by atoms with E-state index in [9.17, 15) is 0 Å². The topological polar surface area (TPSA) is 24.5 Å². The molecule has 0 amide bonds. The molecule has 4 rings (SSSR count). The molecule has 0 bridgehead atoms. The van der Waals surface area contributed by atoms with Crippen LogP contribution in [-0.2, 0) is 4.74 Å². The number of hydrogen-bond acceptors (Lipinski definition) is 3. The molecule has 3 nitrogen and oxygen atoms in total. The van der Waals surface area contributed by atoms with Gasteiger partial charge in [0.15, 0.2) is 0 Å². The number of nitrogens with zero attached hydrogens (tertiary/aromatic N) is 1. The Morgan fingerprint density at radius 3 is 2.48 bits per heavy atom. The van der Waals surface area contributed by atoms with E-state index in [2.05, 4.69) is 24.1 Å². The summed E-state index contributed by atoms with van der Waals surface area (Å²) in [4.78, 5) is 2.82. The number of hydrogen-bond donors (Lipinski definition) is 1. The van der Waals surface area contributed by atoms with E-state index in [0.717, 1.165) is 12.0 Å². The third-order valence-corrected chi connectivity index (χ3v) is 6.38. The summed E-state index contributed by atoms with van der Waals surface area (Å²) in [6.07, 6.45) is 11.5. The maximum atomic E-state index is 6.29. The number of rotatable bonds is 3. The maximum Gasteiger partial charge on any atom is 0.0710 e. The molecule has 0 aromatic heterocycles. The van der Waals surface area contributed by atoms with E-state index in [0.29, 0.717) is 11.6 Å². The molecule has 2 aliphatic heterocycles. The first-order valence-electron chi connectivity index (χ1n) is 9.22. The van der Waals surface area contributed by atoms with Crippen molar-refractivity contribution in [1.82, 2.24) is 10.2 Å². The van der Waals surface area contributed by atoms with Crippen LogP contribution in [0.3, 0.4) is 0 Å². The molecule has 0 aromatic carbocycles. The molecule has 4 aliphatic rings. The molecule has 1 spiro atoms. The lowest BCUT2D eigenvalue weighted by molar-refractivity contribution is -0.0456. The number of nitrogens with one attached hydrogen (secondary N) is 1. The molecular weight excluding hydrogens is 260 g/mol. The van der Waals surface area contributed by atoms with Gasteiger partial charge in [0.2, 0.25) is 0 Å². The summed E-state index contributed by atoms with van der Waals surface area (Å²) in [5.41, 5.74) is 0.554. The lowest BCUT2D eigenvalue weighted by Crippen LogP contribution is -2.64. The molecule has 2 unspecified atom stereocenters. The van der Waals surface area contributed by atoms with E-state index < -0.39 is 0 Å². The van der Waals surface area contributed by atoms with Crippen LogP contribution in [0, 0.1) is 5.92 Å². The second-order valence-electron chi connectivity index (χ2n) is 8.74. The summed E-state index contributed by atoms with van der Waals surface area (Å²) in [6, 6.07) is 0.781. The second-order valence-corrected chi connectivity index (χ2v) is 8.74. The third kappa shape index (κ3) is 3.02. The van der Waals surface area contributed by atoms with Crippen molar-refractivity contribution >= 4 is 0 Å². The molecule has 4 fully saturated rings. The average molecular weight is 292 g/mol. The zero-order valence-corrected chi connectivity index (χ0v) is 13.9. The van der Waals surface area contributed by atoms with Crippen molar-refractivity contribution in [2.45, 2.75) is 88.5 Å². The van der Waals surface area contributed by atoms with Crippen LogP contribution in [0.2, 0.25) is 0 Å². The van der Waals surface area contributed by atoms with Gasteiger partial charge in [-0.1, -0.05) is 12.8 Å². The van der Waals surface area contributed by atoms with Crippen molar-refractivity contribution in [3.63, 3.8) is 0 Å². The van der Waals surface area contributed by atoms with E-state index in [1.165, 1.54) is 71.0 Å². The first-order valence-corrected chi connectivity index (χ1v) is 9.22. The average Bonchev–Trinajstić information content (AvgIpc) is 3.08. The highest BCUT2D eigenvalue weighted by Gasteiger charge is 2.46. The van der Waals surface area contributed by atoms with E-state index in [4.69, 9.17) is 4.74 Å². The van der Waals surface area contributed by atoms with Crippen molar-refractivity contribution in [2.75, 3.05) is 19.6 Å². The minimum Gasteiger partial charge on any atom is -0.371 e. The van der Waals surface area contributed by atoms with Gasteiger partial charge in [0, 0.05) is 31.2 Å². The van der Waals surface area contributed by atoms with Gasteiger partial charge in [-0.15, -0.1) is 0 Å². The Hall–Kier alpha value is -0.120. The van der Waals surface area contributed by atoms with Gasteiger partial charge in [-0.3, -0.25) is 4.90 Å². The van der Waals surface area contributed by atoms with Crippen molar-refractivity contribution in [3.05, 3.63) is 0 Å². The van der Waals surface area contributed by atoms with Crippen molar-refractivity contribution in [1.29, 1.82) is 0 Å². The number of piperazine rings is 1. The molecule has 2 saturated heterocycles. The van der Waals surface area contributed by atoms with Gasteiger partial charge >= 0.3 is 0 Å². The van der Waals surface area contributed by atoms with E-state index >= 15 is 0 Å². The number of ether oxygens (including phenoxy) is 1. The molecule has 0 aromatic rings. The van der Waals surface area contributed by atoms with Crippen LogP contribution in [0.4, 0.5) is 0 Å². The molecule has 120 valence electrons. The van der Waals surface area contributed by atoms with E-state index in [1.54, 1.807) is 0 Å². The standard InChI is InChI=1S/C18H32N2O/c1-17(2)10-7-15(21-17)12-20-13-18(8-3-4-9-18)19-11-16(20)14-5-6-14/h14-16,19H,3-13H2,1-2H3. The molecule has 2 aliphatic carbocycles. The van der Waals surface area contributed by atoms with Gasteiger partial charge in [-0.25, -0.2) is 0 Å². The van der Waals surface area contributed by atoms with Gasteiger partial charge in [-0.2, -0.15) is 0 Å². The first-order chi connectivity index (χ1) is 10.1. The highest BCUT2D eigenvalue weighted by atomic mass is 16.5. The zero-order chi connectivity index (χ0) is 14.5. The summed E-state index contributed by atoms with van der Waals surface area (Å²) in [5, 5.41) is 3.95. The van der Waals surface area contributed by atoms with Gasteiger partial charge in [-0.05, 0) is 58.3 Å². The first kappa shape index (κ1) is 14.5. The monoisotopic (exact) mass is 292 g/mol. The zero-order valence-electron chi connectivity index (χ0n) is 13.9. The van der Waals surface area contributed by atoms with Gasteiger partial charge in [0.05, 0.1) is 11.7 Å². The molecule has 21 heavy (non-hydrogen) atoms. The lowest BCUT2D eigenvalue weighted by atomic mass is 9.90. The predicted molar refractivity (Wildman–Crippen MR) is 85.5 cm³/mol. The van der Waals surface area contributed by atoms with Crippen molar-refractivity contribution < 1.29 is 4.74 Å². The van der Waals surface area contributed by atoms with Crippen LogP contribution in [0.15, 0.2) is 0 Å². The molecule has 2 heterocycles. The smallest absolute Gasteiger partial charge is 0.0710 e. The Labute approximate surface area is 129 Å². The largest absolute Gasteiger partial charge is 0.371 e. The Morgan fingerprint density at radius 1 is 1.10 bits per heavy atom. The van der Waals surface area contributed by atoms with Crippen LogP contribution in [0.25, 0.3) is 0 Å². The minimum absolute atomic E-state index is 0.110. The third-order valence-electron chi connectivity index (χ3n) is 6.38. The lowest BCUT2D eigenvalue weighted by Gasteiger charge is -2.47. The second kappa shape index (κ2) is 5.21. The SMILES string of the molecule is CC1(C)CCC(CN2CC3(CCCC3)NCC2C2CC2)O1. The fourth-order valence-electron chi connectivity index (χ4n) is 5.01. The Kier molecular flexibility index (Phi) is 3.59. The Balaban J connectivity index is 1.43. The van der Waals surface area contributed by atoms with Gasteiger partial charge in [0.25, 0.3) is 0 Å². The van der Waals surface area contributed by atoms with Crippen LogP contribution in [0.1, 0.15) is 65.2 Å². The normalized spacial score (nSPS) is 39.1. The van der Waals surface area contributed by atoms with Crippen LogP contribution in [-0.4, -0.2) is 47.8 Å². The summed E-state index contributed by atoms with van der Waals surface area (Å²) in [7, 11) is 0. The fraction of sp³-hybridized carbons (Fsp3) is 1.00. The van der Waals surface area contributed by atoms with Crippen molar-refractivity contribution in [3.8, 4) is 0 Å². The molecular formula is C18H32N2O. The molecule has 3 heteroatoms. The van der Waals surface area contributed by atoms with E-state index in [1.807, 2.05) is 0 Å². The van der Waals surface area contributed by atoms with E-state index in [-0.39, 0.29) is 5.60 Å². The Bertz CT molecular complexity index is 385. The maximum absolute atomic E-state index is 6.29. The Morgan fingerprint density at radius 2 is 1.86 bits per heavy atom. The summed E-state index contributed by atoms with van der Waals surface area (Å²) >= 11 is 0. The fourth-order valence-corrected chi connectivity index (χ4v) is 5.01. The summed E-state index contributed by atoms with van der Waals surface area (Å²) < 4.78 is 6.29. The predicted octanol–water partition coefficient (Wildman–Crippen LogP) is 2.94. The van der Waals surface area contributed by atoms with Crippen LogP contribution in [0.5, 0.6) is 0 Å². The van der Waals surface area contributed by atoms with Gasteiger partial charge in [0.1, 0.15) is 0 Å². The van der Waals surface area contributed by atoms with Crippen LogP contribution < -0.4 is 5.32 Å². The minimum atomic E-state index is 0.110. The molecule has 2 saturated carbocycles. The molecule has 1 N–H and O–H groups in total.